The van der Waals surface area contributed by atoms with Crippen molar-refractivity contribution in [2.45, 2.75) is 36.4 Å². The number of alkyl halides is 1. The Labute approximate surface area is 127 Å². The van der Waals surface area contributed by atoms with Crippen LogP contribution in [-0.2, 0) is 28.8 Å². The van der Waals surface area contributed by atoms with Crippen molar-refractivity contribution in [2.75, 3.05) is 19.5 Å². The lowest BCUT2D eigenvalue weighted by Crippen LogP contribution is -2.55. The van der Waals surface area contributed by atoms with Gasteiger partial charge in [-0.15, -0.1) is 0 Å². The zero-order valence-electron chi connectivity index (χ0n) is 11.6. The SMILES string of the molecule is CC1(C)[C@H](COCOC(=O)OCCl)N2C(=O)C[C@H]2S1(=O)=O. The fourth-order valence-electron chi connectivity index (χ4n) is 2.53. The highest BCUT2D eigenvalue weighted by atomic mass is 35.5. The molecular weight excluding hydrogens is 326 g/mol. The van der Waals surface area contributed by atoms with Crippen LogP contribution in [0.5, 0.6) is 0 Å². The summed E-state index contributed by atoms with van der Waals surface area (Å²) in [7, 11) is -3.43. The van der Waals surface area contributed by atoms with E-state index in [-0.39, 0.29) is 25.0 Å². The van der Waals surface area contributed by atoms with Crippen LogP contribution in [0.15, 0.2) is 0 Å². The molecule has 2 atom stereocenters. The lowest BCUT2D eigenvalue weighted by Gasteiger charge is -2.37. The third-order valence-corrected chi connectivity index (χ3v) is 6.84. The van der Waals surface area contributed by atoms with E-state index in [1.807, 2.05) is 0 Å². The van der Waals surface area contributed by atoms with Crippen molar-refractivity contribution in [3.63, 3.8) is 0 Å². The highest BCUT2D eigenvalue weighted by Crippen LogP contribution is 2.45. The van der Waals surface area contributed by atoms with Gasteiger partial charge in [-0.25, -0.2) is 13.2 Å². The number of carbonyl (C=O) groups excluding carboxylic acids is 2. The summed E-state index contributed by atoms with van der Waals surface area (Å²) in [5.41, 5.74) is 0. The summed E-state index contributed by atoms with van der Waals surface area (Å²) < 4.78 is 37.5. The van der Waals surface area contributed by atoms with Crippen molar-refractivity contribution in [2.24, 2.45) is 0 Å². The molecule has 8 nitrogen and oxygen atoms in total. The van der Waals surface area contributed by atoms with E-state index in [1.165, 1.54) is 4.90 Å². The summed E-state index contributed by atoms with van der Waals surface area (Å²) in [6.45, 7) is 2.66. The number of rotatable bonds is 5. The zero-order chi connectivity index (χ0) is 15.8. The lowest BCUT2D eigenvalue weighted by atomic mass is 9.99. The Morgan fingerprint density at radius 1 is 1.43 bits per heavy atom. The Balaban J connectivity index is 1.93. The Kier molecular flexibility index (Phi) is 4.36. The first-order valence-electron chi connectivity index (χ1n) is 6.21. The van der Waals surface area contributed by atoms with Crippen molar-refractivity contribution in [3.05, 3.63) is 0 Å². The maximum Gasteiger partial charge on any atom is 0.511 e. The number of fused-ring (bicyclic) bond motifs is 1. The van der Waals surface area contributed by atoms with Gasteiger partial charge in [-0.1, -0.05) is 11.6 Å². The molecule has 0 aromatic rings. The first-order valence-corrected chi connectivity index (χ1v) is 8.29. The average Bonchev–Trinajstić information content (AvgIpc) is 2.49. The van der Waals surface area contributed by atoms with Crippen LogP contribution < -0.4 is 0 Å². The molecular formula is C11H16ClNO7S. The minimum atomic E-state index is -3.43. The van der Waals surface area contributed by atoms with Crippen molar-refractivity contribution in [1.82, 2.24) is 4.90 Å². The molecule has 0 bridgehead atoms. The van der Waals surface area contributed by atoms with Gasteiger partial charge in [0, 0.05) is 0 Å². The molecule has 21 heavy (non-hydrogen) atoms. The molecule has 0 N–H and O–H groups in total. The fraction of sp³-hybridized carbons (Fsp3) is 0.818. The van der Waals surface area contributed by atoms with Gasteiger partial charge in [0.05, 0.1) is 23.8 Å². The predicted molar refractivity (Wildman–Crippen MR) is 71.1 cm³/mol. The number of amides is 1. The minimum Gasteiger partial charge on any atom is -0.418 e. The van der Waals surface area contributed by atoms with Gasteiger partial charge >= 0.3 is 6.16 Å². The van der Waals surface area contributed by atoms with Crippen LogP contribution in [0, 0.1) is 0 Å². The maximum atomic E-state index is 12.3. The van der Waals surface area contributed by atoms with Crippen LogP contribution in [0.4, 0.5) is 4.79 Å². The summed E-state index contributed by atoms with van der Waals surface area (Å²) in [4.78, 5) is 23.8. The summed E-state index contributed by atoms with van der Waals surface area (Å²) in [5.74, 6) is -0.217. The summed E-state index contributed by atoms with van der Waals surface area (Å²) in [6.07, 6.45) is -0.970. The van der Waals surface area contributed by atoms with Gasteiger partial charge < -0.3 is 19.1 Å². The third-order valence-electron chi connectivity index (χ3n) is 3.89. The van der Waals surface area contributed by atoms with Crippen molar-refractivity contribution in [3.8, 4) is 0 Å². The van der Waals surface area contributed by atoms with Crippen LogP contribution in [0.2, 0.25) is 0 Å². The minimum absolute atomic E-state index is 0.0147. The van der Waals surface area contributed by atoms with Crippen LogP contribution >= 0.6 is 11.6 Å². The largest absolute Gasteiger partial charge is 0.511 e. The molecule has 0 aliphatic carbocycles. The molecule has 0 unspecified atom stereocenters. The van der Waals surface area contributed by atoms with E-state index in [9.17, 15) is 18.0 Å². The molecule has 2 fully saturated rings. The summed E-state index contributed by atoms with van der Waals surface area (Å²) in [6, 6.07) is -0.946. The number of ether oxygens (including phenoxy) is 3. The van der Waals surface area contributed by atoms with Gasteiger partial charge in [-0.3, -0.25) is 4.79 Å². The molecule has 0 aromatic carbocycles. The van der Waals surface area contributed by atoms with E-state index in [2.05, 4.69) is 9.47 Å². The molecule has 0 spiro atoms. The second-order valence-corrected chi connectivity index (χ2v) is 8.17. The first-order chi connectivity index (χ1) is 9.73. The number of carbonyl (C=O) groups is 2. The van der Waals surface area contributed by atoms with E-state index >= 15 is 0 Å². The van der Waals surface area contributed by atoms with E-state index < -0.39 is 38.9 Å². The number of nitrogens with zero attached hydrogens (tertiary/aromatic N) is 1. The molecule has 120 valence electrons. The van der Waals surface area contributed by atoms with Crippen molar-refractivity contribution in [1.29, 1.82) is 0 Å². The number of halogens is 1. The molecule has 0 radical (unpaired) electrons. The third kappa shape index (κ3) is 2.58. The second kappa shape index (κ2) is 5.62. The van der Waals surface area contributed by atoms with Gasteiger partial charge in [-0.05, 0) is 13.8 Å². The molecule has 2 rings (SSSR count). The number of hydrogen-bond donors (Lipinski definition) is 0. The Bertz CT molecular complexity index is 547. The van der Waals surface area contributed by atoms with Crippen molar-refractivity contribution < 1.29 is 32.2 Å². The molecule has 0 saturated carbocycles. The molecule has 10 heteroatoms. The van der Waals surface area contributed by atoms with E-state index in [4.69, 9.17) is 16.3 Å². The topological polar surface area (TPSA) is 99.2 Å². The summed E-state index contributed by atoms with van der Waals surface area (Å²) in [5, 5.41) is -0.768. The first kappa shape index (κ1) is 16.3. The molecule has 0 aromatic heterocycles. The number of β-lactam (4-membered cyclic amide) rings is 1. The van der Waals surface area contributed by atoms with E-state index in [0.717, 1.165) is 0 Å². The van der Waals surface area contributed by atoms with Crippen LogP contribution in [-0.4, -0.2) is 61.0 Å². The van der Waals surface area contributed by atoms with Gasteiger partial charge in [-0.2, -0.15) is 0 Å². The zero-order valence-corrected chi connectivity index (χ0v) is 13.1. The molecule has 1 amide bonds. The quantitative estimate of drug-likeness (QED) is 0.235. The van der Waals surface area contributed by atoms with Gasteiger partial charge in [0.2, 0.25) is 5.91 Å². The molecule has 2 aliphatic rings. The van der Waals surface area contributed by atoms with E-state index in [1.54, 1.807) is 13.8 Å². The predicted octanol–water partition coefficient (Wildman–Crippen LogP) is 0.444. The average molecular weight is 342 g/mol. The highest BCUT2D eigenvalue weighted by Gasteiger charge is 2.65. The number of hydrogen-bond acceptors (Lipinski definition) is 7. The smallest absolute Gasteiger partial charge is 0.418 e. The van der Waals surface area contributed by atoms with Crippen LogP contribution in [0.1, 0.15) is 20.3 Å². The van der Waals surface area contributed by atoms with Crippen LogP contribution in [0.3, 0.4) is 0 Å². The highest BCUT2D eigenvalue weighted by molar-refractivity contribution is 7.93. The molecule has 2 heterocycles. The van der Waals surface area contributed by atoms with Gasteiger partial charge in [0.15, 0.2) is 22.7 Å². The van der Waals surface area contributed by atoms with Crippen molar-refractivity contribution >= 4 is 33.5 Å². The Hall–Kier alpha value is -1.06. The summed E-state index contributed by atoms with van der Waals surface area (Å²) >= 11 is 5.17. The Morgan fingerprint density at radius 3 is 2.67 bits per heavy atom. The number of sulfone groups is 1. The second-order valence-electron chi connectivity index (χ2n) is 5.26. The van der Waals surface area contributed by atoms with E-state index in [0.29, 0.717) is 0 Å². The molecule has 2 aliphatic heterocycles. The molecule has 2 saturated heterocycles. The van der Waals surface area contributed by atoms with Gasteiger partial charge in [0.1, 0.15) is 5.37 Å². The normalized spacial score (nSPS) is 28.7. The Morgan fingerprint density at radius 2 is 2.10 bits per heavy atom. The standard InChI is InChI=1S/C11H16ClNO7S/c1-11(2)7(4-18-6-20-10(15)19-5-12)13-8(14)3-9(13)21(11,16)17/h7,9H,3-6H2,1-2H3/t7-,9+/m0/s1. The monoisotopic (exact) mass is 341 g/mol. The fourth-order valence-corrected chi connectivity index (χ4v) is 4.80. The maximum absolute atomic E-state index is 12.3. The van der Waals surface area contributed by atoms with Gasteiger partial charge in [0.25, 0.3) is 0 Å². The lowest BCUT2D eigenvalue weighted by molar-refractivity contribution is -0.148. The van der Waals surface area contributed by atoms with Crippen LogP contribution in [0.25, 0.3) is 0 Å².